The molecule has 0 fully saturated rings. The summed E-state index contributed by atoms with van der Waals surface area (Å²) < 4.78 is 7.03. The molecule has 2 amide bonds. The van der Waals surface area contributed by atoms with E-state index >= 15 is 0 Å². The Hall–Kier alpha value is -3.16. The molecule has 8 nitrogen and oxygen atoms in total. The van der Waals surface area contributed by atoms with E-state index in [1.807, 2.05) is 0 Å². The highest BCUT2D eigenvalue weighted by Gasteiger charge is 2.38. The second-order valence-corrected chi connectivity index (χ2v) is 5.33. The van der Waals surface area contributed by atoms with Crippen LogP contribution in [0, 0.1) is 13.8 Å². The smallest absolute Gasteiger partial charge is 0.370 e. The third-order valence-corrected chi connectivity index (χ3v) is 3.73. The Morgan fingerprint density at radius 1 is 1.12 bits per heavy atom. The Kier molecular flexibility index (Phi) is 3.80. The first-order chi connectivity index (χ1) is 11.4. The van der Waals surface area contributed by atoms with Gasteiger partial charge in [-0.2, -0.15) is 5.10 Å². The zero-order valence-corrected chi connectivity index (χ0v) is 13.4. The molecule has 8 heteroatoms. The number of carbonyl (C=O) groups excluding carboxylic acids is 3. The number of hydroxylamine groups is 2. The molecule has 1 aliphatic rings. The fourth-order valence-corrected chi connectivity index (χ4v) is 2.47. The summed E-state index contributed by atoms with van der Waals surface area (Å²) in [5, 5.41) is 4.62. The first kappa shape index (κ1) is 15.7. The topological polar surface area (TPSA) is 90.7 Å². The average Bonchev–Trinajstić information content (AvgIpc) is 2.94. The van der Waals surface area contributed by atoms with E-state index in [1.54, 1.807) is 37.7 Å². The number of rotatable bonds is 4. The maximum absolute atomic E-state index is 12.1. The third kappa shape index (κ3) is 2.51. The van der Waals surface area contributed by atoms with Gasteiger partial charge in [-0.25, -0.2) is 4.79 Å². The van der Waals surface area contributed by atoms with E-state index in [4.69, 9.17) is 9.57 Å². The molecule has 0 unspecified atom stereocenters. The van der Waals surface area contributed by atoms with Crippen molar-refractivity contribution >= 4 is 17.8 Å². The van der Waals surface area contributed by atoms with Crippen molar-refractivity contribution in [2.45, 2.75) is 13.8 Å². The summed E-state index contributed by atoms with van der Waals surface area (Å²) in [5.41, 5.74) is 1.79. The number of nitrogens with zero attached hydrogens (tertiary/aromatic N) is 3. The Morgan fingerprint density at radius 2 is 1.71 bits per heavy atom. The number of carbonyl (C=O) groups is 3. The summed E-state index contributed by atoms with van der Waals surface area (Å²) in [5.74, 6) is -1.72. The Morgan fingerprint density at radius 3 is 2.21 bits per heavy atom. The zero-order valence-electron chi connectivity index (χ0n) is 13.4. The number of aryl methyl sites for hydroxylation is 2. The van der Waals surface area contributed by atoms with Gasteiger partial charge in [-0.05, 0) is 26.0 Å². The first-order valence-electron chi connectivity index (χ1n) is 7.21. The van der Waals surface area contributed by atoms with E-state index in [9.17, 15) is 14.4 Å². The summed E-state index contributed by atoms with van der Waals surface area (Å²) in [6.45, 7) is 3.10. The molecule has 1 aromatic heterocycles. The largest absolute Gasteiger partial charge is 0.478 e. The molecule has 124 valence electrons. The fraction of sp³-hybridized carbons (Fsp3) is 0.250. The predicted octanol–water partition coefficient (Wildman–Crippen LogP) is 1.17. The minimum absolute atomic E-state index is 0.204. The van der Waals surface area contributed by atoms with Crippen molar-refractivity contribution in [1.82, 2.24) is 14.8 Å². The molecule has 3 rings (SSSR count). The van der Waals surface area contributed by atoms with Crippen LogP contribution in [0.1, 0.15) is 32.1 Å². The molecular formula is C16H15N3O5. The lowest BCUT2D eigenvalue weighted by atomic mass is 10.1. The minimum Gasteiger partial charge on any atom is -0.478 e. The summed E-state index contributed by atoms with van der Waals surface area (Å²) in [6, 6.07) is 6.27. The van der Waals surface area contributed by atoms with Crippen molar-refractivity contribution < 1.29 is 24.0 Å². The van der Waals surface area contributed by atoms with Crippen molar-refractivity contribution in [3.63, 3.8) is 0 Å². The summed E-state index contributed by atoms with van der Waals surface area (Å²) in [6.07, 6.45) is 0. The molecule has 0 atom stereocenters. The fourth-order valence-electron chi connectivity index (χ4n) is 2.47. The predicted molar refractivity (Wildman–Crippen MR) is 81.2 cm³/mol. The van der Waals surface area contributed by atoms with Gasteiger partial charge in [-0.1, -0.05) is 17.2 Å². The van der Waals surface area contributed by atoms with E-state index in [1.165, 1.54) is 12.1 Å². The van der Waals surface area contributed by atoms with Crippen molar-refractivity contribution in [2.75, 3.05) is 6.61 Å². The van der Waals surface area contributed by atoms with Crippen molar-refractivity contribution in [3.8, 4) is 5.75 Å². The highest BCUT2D eigenvalue weighted by molar-refractivity contribution is 6.20. The molecule has 1 aliphatic heterocycles. The van der Waals surface area contributed by atoms with Gasteiger partial charge in [0.1, 0.15) is 5.69 Å². The maximum atomic E-state index is 12.1. The molecule has 0 aliphatic carbocycles. The monoisotopic (exact) mass is 329 g/mol. The van der Waals surface area contributed by atoms with Gasteiger partial charge in [0, 0.05) is 7.05 Å². The van der Waals surface area contributed by atoms with Crippen LogP contribution in [0.3, 0.4) is 0 Å². The van der Waals surface area contributed by atoms with E-state index in [0.29, 0.717) is 16.5 Å². The highest BCUT2D eigenvalue weighted by atomic mass is 16.7. The number of ether oxygens (including phenoxy) is 1. The first-order valence-corrected chi connectivity index (χ1v) is 7.21. The number of hydrogen-bond donors (Lipinski definition) is 0. The van der Waals surface area contributed by atoms with Gasteiger partial charge in [-0.3, -0.25) is 14.3 Å². The molecule has 24 heavy (non-hydrogen) atoms. The quantitative estimate of drug-likeness (QED) is 0.782. The molecule has 1 aromatic carbocycles. The lowest BCUT2D eigenvalue weighted by Gasteiger charge is -2.13. The second-order valence-electron chi connectivity index (χ2n) is 5.33. The molecule has 2 aromatic rings. The highest BCUT2D eigenvalue weighted by Crippen LogP contribution is 2.23. The number of hydrogen-bond acceptors (Lipinski definition) is 6. The van der Waals surface area contributed by atoms with Crippen molar-refractivity contribution in [3.05, 3.63) is 46.8 Å². The summed E-state index contributed by atoms with van der Waals surface area (Å²) >= 11 is 0. The number of benzene rings is 1. The molecule has 0 N–H and O–H groups in total. The van der Waals surface area contributed by atoms with Crippen LogP contribution in [-0.4, -0.2) is 39.2 Å². The lowest BCUT2D eigenvalue weighted by Crippen LogP contribution is -2.34. The summed E-state index contributed by atoms with van der Waals surface area (Å²) in [7, 11) is 1.76. The van der Waals surface area contributed by atoms with E-state index in [0.717, 1.165) is 5.69 Å². The van der Waals surface area contributed by atoms with E-state index < -0.39 is 24.4 Å². The lowest BCUT2D eigenvalue weighted by molar-refractivity contribution is -0.170. The molecule has 0 bridgehead atoms. The average molecular weight is 329 g/mol. The number of amides is 2. The van der Waals surface area contributed by atoms with Crippen LogP contribution in [0.25, 0.3) is 0 Å². The van der Waals surface area contributed by atoms with Crippen LogP contribution in [0.4, 0.5) is 0 Å². The number of aromatic nitrogens is 2. The standard InChI is InChI=1S/C16H15N3O5/c1-9-14(10(2)18(3)17-9)23-8-13(20)24-19-15(21)11-6-4-5-7-12(11)16(19)22/h4-7H,8H2,1-3H3. The van der Waals surface area contributed by atoms with Gasteiger partial charge >= 0.3 is 5.97 Å². The van der Waals surface area contributed by atoms with E-state index in [-0.39, 0.29) is 11.1 Å². The van der Waals surface area contributed by atoms with Gasteiger partial charge < -0.3 is 9.57 Å². The normalized spacial score (nSPS) is 13.2. The maximum Gasteiger partial charge on any atom is 0.370 e. The van der Waals surface area contributed by atoms with Crippen molar-refractivity contribution in [2.24, 2.45) is 7.05 Å². The Balaban J connectivity index is 1.66. The summed E-state index contributed by atoms with van der Waals surface area (Å²) in [4.78, 5) is 41.0. The van der Waals surface area contributed by atoms with Gasteiger partial charge in [0.05, 0.1) is 16.8 Å². The molecule has 0 spiro atoms. The SMILES string of the molecule is Cc1nn(C)c(C)c1OCC(=O)ON1C(=O)c2ccccc2C1=O. The Labute approximate surface area is 137 Å². The minimum atomic E-state index is -0.854. The van der Waals surface area contributed by atoms with Crippen LogP contribution in [0.2, 0.25) is 0 Å². The van der Waals surface area contributed by atoms with Crippen LogP contribution in [-0.2, 0) is 16.7 Å². The van der Waals surface area contributed by atoms with Gasteiger partial charge in [0.2, 0.25) is 0 Å². The van der Waals surface area contributed by atoms with Crippen LogP contribution in [0.5, 0.6) is 5.75 Å². The third-order valence-electron chi connectivity index (χ3n) is 3.73. The van der Waals surface area contributed by atoms with Crippen molar-refractivity contribution in [1.29, 1.82) is 0 Å². The number of fused-ring (bicyclic) bond motifs is 1. The van der Waals surface area contributed by atoms with E-state index in [2.05, 4.69) is 5.10 Å². The molecule has 0 radical (unpaired) electrons. The molecule has 0 saturated heterocycles. The Bertz CT molecular complexity index is 820. The number of imide groups is 1. The molecule has 2 heterocycles. The zero-order chi connectivity index (χ0) is 17.4. The van der Waals surface area contributed by atoms with Crippen LogP contribution < -0.4 is 4.74 Å². The molecule has 0 saturated carbocycles. The van der Waals surface area contributed by atoms with Gasteiger partial charge in [-0.15, -0.1) is 0 Å². The van der Waals surface area contributed by atoms with Crippen LogP contribution >= 0.6 is 0 Å². The van der Waals surface area contributed by atoms with Gasteiger partial charge in [0.15, 0.2) is 12.4 Å². The van der Waals surface area contributed by atoms with Gasteiger partial charge in [0.25, 0.3) is 11.8 Å². The molecular weight excluding hydrogens is 314 g/mol. The second kappa shape index (κ2) is 5.80. The van der Waals surface area contributed by atoms with Crippen LogP contribution in [0.15, 0.2) is 24.3 Å².